The molecular formula is C24H29FN4O2. The van der Waals surface area contributed by atoms with E-state index in [1.165, 1.54) is 11.9 Å². The zero-order valence-electron chi connectivity index (χ0n) is 17.6. The monoisotopic (exact) mass is 424 g/mol. The third-order valence-corrected chi connectivity index (χ3v) is 7.11. The predicted molar refractivity (Wildman–Crippen MR) is 116 cm³/mol. The smallest absolute Gasteiger partial charge is 0.226 e. The number of halogens is 1. The number of fused-ring (bicyclic) bond motifs is 3. The van der Waals surface area contributed by atoms with Gasteiger partial charge >= 0.3 is 0 Å². The Hall–Kier alpha value is -2.80. The van der Waals surface area contributed by atoms with Crippen molar-refractivity contribution in [1.82, 2.24) is 15.3 Å². The predicted octanol–water partition coefficient (Wildman–Crippen LogP) is 3.58. The van der Waals surface area contributed by atoms with Crippen molar-refractivity contribution >= 4 is 5.91 Å². The van der Waals surface area contributed by atoms with E-state index in [1.807, 2.05) is 18.2 Å². The lowest BCUT2D eigenvalue weighted by Gasteiger charge is -2.52. The topological polar surface area (TPSA) is 90.1 Å². The summed E-state index contributed by atoms with van der Waals surface area (Å²) in [6.07, 6.45) is 9.44. The van der Waals surface area contributed by atoms with Crippen LogP contribution in [0, 0.1) is 5.41 Å². The van der Waals surface area contributed by atoms with E-state index < -0.39 is 0 Å². The van der Waals surface area contributed by atoms with Crippen LogP contribution >= 0.6 is 0 Å². The molecular weight excluding hydrogens is 395 g/mol. The molecule has 0 saturated heterocycles. The molecule has 0 spiro atoms. The summed E-state index contributed by atoms with van der Waals surface area (Å²) in [5, 5.41) is 3.09. The van der Waals surface area contributed by atoms with Crippen molar-refractivity contribution in [2.24, 2.45) is 11.1 Å². The highest BCUT2D eigenvalue weighted by molar-refractivity contribution is 5.83. The first kappa shape index (κ1) is 21.4. The maximum Gasteiger partial charge on any atom is 0.226 e. The van der Waals surface area contributed by atoms with E-state index in [4.69, 9.17) is 10.5 Å². The van der Waals surface area contributed by atoms with Gasteiger partial charge in [-0.05, 0) is 67.7 Å². The summed E-state index contributed by atoms with van der Waals surface area (Å²) in [5.74, 6) is 0.859. The normalized spacial score (nSPS) is 25.3. The second-order valence-corrected chi connectivity index (χ2v) is 8.73. The Morgan fingerprint density at radius 1 is 1.13 bits per heavy atom. The van der Waals surface area contributed by atoms with Gasteiger partial charge in [0.15, 0.2) is 0 Å². The van der Waals surface area contributed by atoms with Crippen LogP contribution in [0.4, 0.5) is 4.39 Å². The van der Waals surface area contributed by atoms with Crippen LogP contribution in [0.25, 0.3) is 0 Å². The Morgan fingerprint density at radius 3 is 2.42 bits per heavy atom. The number of nitrogens with one attached hydrogen (secondary N) is 1. The van der Waals surface area contributed by atoms with E-state index >= 15 is 0 Å². The van der Waals surface area contributed by atoms with Crippen LogP contribution in [-0.2, 0) is 16.8 Å². The van der Waals surface area contributed by atoms with Crippen LogP contribution in [-0.4, -0.2) is 29.0 Å². The van der Waals surface area contributed by atoms with Crippen molar-refractivity contribution in [1.29, 1.82) is 0 Å². The fourth-order valence-corrected chi connectivity index (χ4v) is 4.96. The van der Waals surface area contributed by atoms with Gasteiger partial charge in [0.05, 0.1) is 18.6 Å². The molecule has 7 heteroatoms. The molecule has 0 atom stereocenters. The molecule has 1 aromatic heterocycles. The minimum Gasteiger partial charge on any atom is -0.489 e. The number of benzene rings is 1. The second-order valence-electron chi connectivity index (χ2n) is 8.73. The maximum atomic E-state index is 13.0. The lowest BCUT2D eigenvalue weighted by molar-refractivity contribution is -0.138. The fourth-order valence-electron chi connectivity index (χ4n) is 4.96. The number of nitrogens with two attached hydrogens (primary N) is 1. The lowest BCUT2D eigenvalue weighted by atomic mass is 9.51. The van der Waals surface area contributed by atoms with E-state index in [0.29, 0.717) is 24.2 Å². The molecule has 0 aliphatic heterocycles. The van der Waals surface area contributed by atoms with Gasteiger partial charge in [-0.2, -0.15) is 0 Å². The van der Waals surface area contributed by atoms with Crippen molar-refractivity contribution in [3.05, 3.63) is 66.0 Å². The SMILES string of the molecule is NC/C(=C\F)COc1ccc(C23CCC(C(=O)NCc4ccncn4)(CC2)CC3)cc1. The molecule has 31 heavy (non-hydrogen) atoms. The van der Waals surface area contributed by atoms with Crippen molar-refractivity contribution < 1.29 is 13.9 Å². The zero-order chi connectivity index (χ0) is 21.7. The van der Waals surface area contributed by atoms with E-state index in [2.05, 4.69) is 27.4 Å². The number of rotatable bonds is 8. The van der Waals surface area contributed by atoms with Crippen molar-refractivity contribution in [2.45, 2.75) is 50.5 Å². The van der Waals surface area contributed by atoms with E-state index in [9.17, 15) is 9.18 Å². The molecule has 3 aliphatic rings. The molecule has 1 amide bonds. The first-order chi connectivity index (χ1) is 15.1. The highest BCUT2D eigenvalue weighted by Crippen LogP contribution is 2.57. The third kappa shape index (κ3) is 4.46. The van der Waals surface area contributed by atoms with Gasteiger partial charge in [0.2, 0.25) is 5.91 Å². The number of carbonyl (C=O) groups excluding carboxylic acids is 1. The van der Waals surface area contributed by atoms with Gasteiger partial charge in [0, 0.05) is 23.7 Å². The van der Waals surface area contributed by atoms with Gasteiger partial charge in [-0.1, -0.05) is 12.1 Å². The van der Waals surface area contributed by atoms with Gasteiger partial charge in [0.1, 0.15) is 18.7 Å². The summed E-state index contributed by atoms with van der Waals surface area (Å²) >= 11 is 0. The summed E-state index contributed by atoms with van der Waals surface area (Å²) < 4.78 is 18.3. The van der Waals surface area contributed by atoms with Crippen LogP contribution in [0.1, 0.15) is 49.8 Å². The molecule has 2 bridgehead atoms. The van der Waals surface area contributed by atoms with E-state index in [0.717, 1.165) is 44.2 Å². The summed E-state index contributed by atoms with van der Waals surface area (Å²) in [6, 6.07) is 9.94. The third-order valence-electron chi connectivity index (χ3n) is 7.11. The van der Waals surface area contributed by atoms with Crippen molar-refractivity contribution in [2.75, 3.05) is 13.2 Å². The molecule has 3 fully saturated rings. The average Bonchev–Trinajstić information content (AvgIpc) is 2.85. The summed E-state index contributed by atoms with van der Waals surface area (Å²) in [5.41, 5.74) is 7.90. The molecule has 3 N–H and O–H groups in total. The largest absolute Gasteiger partial charge is 0.489 e. The Bertz CT molecular complexity index is 906. The van der Waals surface area contributed by atoms with Gasteiger partial charge < -0.3 is 15.8 Å². The second kappa shape index (κ2) is 9.14. The van der Waals surface area contributed by atoms with Crippen molar-refractivity contribution in [3.8, 4) is 5.75 Å². The minimum absolute atomic E-state index is 0.133. The summed E-state index contributed by atoms with van der Waals surface area (Å²) in [4.78, 5) is 21.1. The standard InChI is InChI=1S/C24H29FN4O2/c25-13-18(14-26)16-31-21-3-1-19(2-4-21)23-6-9-24(10-7-23,11-8-23)22(30)28-15-20-5-12-27-17-29-20/h1-5,12-13,17H,6-11,14-16,26H2,(H,28,30)/b18-13+. The lowest BCUT2D eigenvalue weighted by Crippen LogP contribution is -2.51. The van der Waals surface area contributed by atoms with Crippen LogP contribution in [0.5, 0.6) is 5.75 Å². The molecule has 0 radical (unpaired) electrons. The number of hydrogen-bond donors (Lipinski definition) is 2. The first-order valence-electron chi connectivity index (χ1n) is 10.8. The quantitative estimate of drug-likeness (QED) is 0.676. The summed E-state index contributed by atoms with van der Waals surface area (Å²) in [7, 11) is 0. The molecule has 164 valence electrons. The molecule has 6 nitrogen and oxygen atoms in total. The van der Waals surface area contributed by atoms with Gasteiger partial charge in [-0.3, -0.25) is 4.79 Å². The van der Waals surface area contributed by atoms with E-state index in [-0.39, 0.29) is 29.9 Å². The van der Waals surface area contributed by atoms with Crippen molar-refractivity contribution in [3.63, 3.8) is 0 Å². The first-order valence-corrected chi connectivity index (χ1v) is 10.8. The summed E-state index contributed by atoms with van der Waals surface area (Å²) in [6.45, 7) is 0.745. The Balaban J connectivity index is 1.35. The molecule has 2 aromatic rings. The number of aromatic nitrogens is 2. The Kier molecular flexibility index (Phi) is 6.32. The van der Waals surface area contributed by atoms with Crippen LogP contribution < -0.4 is 15.8 Å². The van der Waals surface area contributed by atoms with Crippen LogP contribution in [0.15, 0.2) is 54.8 Å². The number of hydrogen-bond acceptors (Lipinski definition) is 5. The Morgan fingerprint density at radius 2 is 1.84 bits per heavy atom. The Labute approximate surface area is 182 Å². The number of nitrogens with zero attached hydrogens (tertiary/aromatic N) is 2. The molecule has 0 unspecified atom stereocenters. The molecule has 1 heterocycles. The molecule has 1 aromatic carbocycles. The maximum absolute atomic E-state index is 13.0. The highest BCUT2D eigenvalue weighted by Gasteiger charge is 2.52. The average molecular weight is 425 g/mol. The number of amides is 1. The number of ether oxygens (including phenoxy) is 1. The van der Waals surface area contributed by atoms with Gasteiger partial charge in [-0.25, -0.2) is 14.4 Å². The van der Waals surface area contributed by atoms with Gasteiger partial charge in [-0.15, -0.1) is 0 Å². The van der Waals surface area contributed by atoms with Gasteiger partial charge in [0.25, 0.3) is 0 Å². The molecule has 3 saturated carbocycles. The zero-order valence-corrected chi connectivity index (χ0v) is 17.6. The highest BCUT2D eigenvalue weighted by atomic mass is 19.1. The number of carbonyl (C=O) groups is 1. The minimum atomic E-state index is -0.255. The molecule has 3 aliphatic carbocycles. The van der Waals surface area contributed by atoms with E-state index in [1.54, 1.807) is 6.20 Å². The van der Waals surface area contributed by atoms with Crippen LogP contribution in [0.2, 0.25) is 0 Å². The fraction of sp³-hybridized carbons (Fsp3) is 0.458. The van der Waals surface area contributed by atoms with Crippen LogP contribution in [0.3, 0.4) is 0 Å². The molecule has 5 rings (SSSR count).